The minimum Gasteiger partial charge on any atom is -0.378 e. The molecule has 1 saturated heterocycles. The molecule has 2 N–H and O–H groups in total. The molecule has 1 aliphatic heterocycles. The molecule has 0 amide bonds. The highest BCUT2D eigenvalue weighted by Gasteiger charge is 2.21. The van der Waals surface area contributed by atoms with Gasteiger partial charge in [-0.3, -0.25) is 0 Å². The van der Waals surface area contributed by atoms with Gasteiger partial charge in [0.25, 0.3) is 0 Å². The predicted octanol–water partition coefficient (Wildman–Crippen LogP) is 2.33. The lowest BCUT2D eigenvalue weighted by atomic mass is 10.0. The van der Waals surface area contributed by atoms with Crippen LogP contribution in [0.25, 0.3) is 0 Å². The number of piperidine rings is 1. The van der Waals surface area contributed by atoms with Crippen LogP contribution in [0.15, 0.2) is 18.2 Å². The van der Waals surface area contributed by atoms with Crippen LogP contribution in [-0.2, 0) is 11.2 Å². The summed E-state index contributed by atoms with van der Waals surface area (Å²) in [4.78, 5) is 2.32. The molecule has 0 unspecified atom stereocenters. The monoisotopic (exact) mass is 266 g/mol. The molecule has 0 aromatic heterocycles. The average Bonchev–Trinajstić information content (AvgIpc) is 2.41. The van der Waals surface area contributed by atoms with E-state index in [2.05, 4.69) is 4.90 Å². The largest absolute Gasteiger partial charge is 0.378 e. The number of nitrogens with zero attached hydrogens (tertiary/aromatic N) is 1. The minimum atomic E-state index is -0.184. The Labute approximate surface area is 114 Å². The van der Waals surface area contributed by atoms with Crippen molar-refractivity contribution < 1.29 is 9.13 Å². The Morgan fingerprint density at radius 2 is 2.11 bits per heavy atom. The van der Waals surface area contributed by atoms with Gasteiger partial charge < -0.3 is 15.4 Å². The lowest BCUT2D eigenvalue weighted by molar-refractivity contribution is 0.0459. The third-order valence-electron chi connectivity index (χ3n) is 3.64. The van der Waals surface area contributed by atoms with E-state index in [-0.39, 0.29) is 5.82 Å². The molecule has 106 valence electrons. The van der Waals surface area contributed by atoms with Crippen molar-refractivity contribution in [3.63, 3.8) is 0 Å². The standard InChI is InChI=1S/C15H23FN2O/c1-2-19-14-6-9-18(10-7-14)15-4-3-13(16)11-12(15)5-8-17/h3-4,11,14H,2,5-10,17H2,1H3. The number of nitrogens with two attached hydrogens (primary N) is 1. The third-order valence-corrected chi connectivity index (χ3v) is 3.64. The molecule has 1 aromatic carbocycles. The number of anilines is 1. The zero-order valence-corrected chi connectivity index (χ0v) is 11.6. The quantitative estimate of drug-likeness (QED) is 0.889. The van der Waals surface area contributed by atoms with Crippen LogP contribution >= 0.6 is 0 Å². The number of benzene rings is 1. The predicted molar refractivity (Wildman–Crippen MR) is 76.0 cm³/mol. The number of ether oxygens (including phenoxy) is 1. The van der Waals surface area contributed by atoms with Gasteiger partial charge in [-0.15, -0.1) is 0 Å². The van der Waals surface area contributed by atoms with E-state index in [1.54, 1.807) is 6.07 Å². The van der Waals surface area contributed by atoms with Gasteiger partial charge in [-0.05, 0) is 56.5 Å². The van der Waals surface area contributed by atoms with Crippen LogP contribution in [0.3, 0.4) is 0 Å². The van der Waals surface area contributed by atoms with Crippen LogP contribution < -0.4 is 10.6 Å². The summed E-state index contributed by atoms with van der Waals surface area (Å²) in [6.45, 7) is 5.29. The normalized spacial score (nSPS) is 16.9. The summed E-state index contributed by atoms with van der Waals surface area (Å²) in [5.74, 6) is -0.184. The molecule has 4 heteroatoms. The van der Waals surface area contributed by atoms with Crippen LogP contribution in [0.4, 0.5) is 10.1 Å². The van der Waals surface area contributed by atoms with Gasteiger partial charge in [-0.1, -0.05) is 0 Å². The second-order valence-electron chi connectivity index (χ2n) is 4.95. The molecule has 0 atom stereocenters. The molecule has 1 aromatic rings. The average molecular weight is 266 g/mol. The van der Waals surface area contributed by atoms with Gasteiger partial charge in [-0.25, -0.2) is 4.39 Å². The van der Waals surface area contributed by atoms with Gasteiger partial charge in [0.15, 0.2) is 0 Å². The van der Waals surface area contributed by atoms with Gasteiger partial charge in [0, 0.05) is 25.4 Å². The first kappa shape index (κ1) is 14.3. The van der Waals surface area contributed by atoms with Crippen LogP contribution in [0.1, 0.15) is 25.3 Å². The molecule has 1 heterocycles. The molecule has 0 bridgehead atoms. The molecule has 0 saturated carbocycles. The SMILES string of the molecule is CCOC1CCN(c2ccc(F)cc2CCN)CC1. The molecule has 0 spiro atoms. The highest BCUT2D eigenvalue weighted by molar-refractivity contribution is 5.54. The van der Waals surface area contributed by atoms with E-state index in [9.17, 15) is 4.39 Å². The number of hydrogen-bond acceptors (Lipinski definition) is 3. The highest BCUT2D eigenvalue weighted by Crippen LogP contribution is 2.26. The van der Waals surface area contributed by atoms with E-state index in [0.717, 1.165) is 50.2 Å². The summed E-state index contributed by atoms with van der Waals surface area (Å²) in [5.41, 5.74) is 7.75. The summed E-state index contributed by atoms with van der Waals surface area (Å²) in [6.07, 6.45) is 3.17. The van der Waals surface area contributed by atoms with Crippen molar-refractivity contribution >= 4 is 5.69 Å². The zero-order valence-electron chi connectivity index (χ0n) is 11.6. The Morgan fingerprint density at radius 1 is 1.37 bits per heavy atom. The summed E-state index contributed by atoms with van der Waals surface area (Å²) < 4.78 is 19.0. The van der Waals surface area contributed by atoms with Crippen LogP contribution in [0, 0.1) is 5.82 Å². The topological polar surface area (TPSA) is 38.5 Å². The smallest absolute Gasteiger partial charge is 0.123 e. The number of rotatable bonds is 5. The molecule has 0 radical (unpaired) electrons. The Kier molecular flexibility index (Phi) is 5.16. The zero-order chi connectivity index (χ0) is 13.7. The van der Waals surface area contributed by atoms with Crippen molar-refractivity contribution in [2.45, 2.75) is 32.3 Å². The molecular formula is C15H23FN2O. The van der Waals surface area contributed by atoms with Crippen molar-refractivity contribution in [1.29, 1.82) is 0 Å². The van der Waals surface area contributed by atoms with Crippen molar-refractivity contribution in [3.8, 4) is 0 Å². The van der Waals surface area contributed by atoms with Gasteiger partial charge in [0.05, 0.1) is 6.10 Å². The van der Waals surface area contributed by atoms with Crippen molar-refractivity contribution in [3.05, 3.63) is 29.6 Å². The molecule has 1 aliphatic rings. The first-order valence-corrected chi connectivity index (χ1v) is 7.09. The molecular weight excluding hydrogens is 243 g/mol. The van der Waals surface area contributed by atoms with Crippen molar-refractivity contribution in [2.75, 3.05) is 31.1 Å². The third kappa shape index (κ3) is 3.67. The Hall–Kier alpha value is -1.13. The Morgan fingerprint density at radius 3 is 2.74 bits per heavy atom. The summed E-state index contributed by atoms with van der Waals surface area (Å²) in [7, 11) is 0. The number of halogens is 1. The molecule has 2 rings (SSSR count). The first-order chi connectivity index (χ1) is 9.24. The fourth-order valence-corrected chi connectivity index (χ4v) is 2.72. The Balaban J connectivity index is 2.06. The highest BCUT2D eigenvalue weighted by atomic mass is 19.1. The molecule has 1 fully saturated rings. The van der Waals surface area contributed by atoms with Crippen molar-refractivity contribution in [1.82, 2.24) is 0 Å². The van der Waals surface area contributed by atoms with Gasteiger partial charge >= 0.3 is 0 Å². The fraction of sp³-hybridized carbons (Fsp3) is 0.600. The number of hydrogen-bond donors (Lipinski definition) is 1. The second-order valence-corrected chi connectivity index (χ2v) is 4.95. The lowest BCUT2D eigenvalue weighted by Crippen LogP contribution is -2.37. The summed E-state index contributed by atoms with van der Waals surface area (Å²) >= 11 is 0. The van der Waals surface area contributed by atoms with E-state index in [1.807, 2.05) is 13.0 Å². The van der Waals surface area contributed by atoms with Crippen molar-refractivity contribution in [2.24, 2.45) is 5.73 Å². The maximum Gasteiger partial charge on any atom is 0.123 e. The van der Waals surface area contributed by atoms with Gasteiger partial charge in [-0.2, -0.15) is 0 Å². The molecule has 0 aliphatic carbocycles. The van der Waals surface area contributed by atoms with E-state index >= 15 is 0 Å². The maximum absolute atomic E-state index is 13.3. The molecule has 19 heavy (non-hydrogen) atoms. The Bertz CT molecular complexity index is 403. The fourth-order valence-electron chi connectivity index (χ4n) is 2.72. The van der Waals surface area contributed by atoms with E-state index in [0.29, 0.717) is 12.6 Å². The van der Waals surface area contributed by atoms with Crippen LogP contribution in [-0.4, -0.2) is 32.3 Å². The van der Waals surface area contributed by atoms with Crippen LogP contribution in [0.2, 0.25) is 0 Å². The van der Waals surface area contributed by atoms with Crippen LogP contribution in [0.5, 0.6) is 0 Å². The summed E-state index contributed by atoms with van der Waals surface area (Å²) in [5, 5.41) is 0. The van der Waals surface area contributed by atoms with Gasteiger partial charge in [0.1, 0.15) is 5.82 Å². The van der Waals surface area contributed by atoms with E-state index in [4.69, 9.17) is 10.5 Å². The summed E-state index contributed by atoms with van der Waals surface area (Å²) in [6, 6.07) is 5.02. The minimum absolute atomic E-state index is 0.184. The molecule has 3 nitrogen and oxygen atoms in total. The first-order valence-electron chi connectivity index (χ1n) is 7.09. The van der Waals surface area contributed by atoms with E-state index in [1.165, 1.54) is 6.07 Å². The van der Waals surface area contributed by atoms with Gasteiger partial charge in [0.2, 0.25) is 0 Å². The second kappa shape index (κ2) is 6.87. The van der Waals surface area contributed by atoms with E-state index < -0.39 is 0 Å². The lowest BCUT2D eigenvalue weighted by Gasteiger charge is -2.34. The maximum atomic E-state index is 13.3.